The Balaban J connectivity index is 2.00. The molecular formula is C20H18BrF3N4O2. The lowest BCUT2D eigenvalue weighted by Crippen LogP contribution is -2.21. The smallest absolute Gasteiger partial charge is 0.406 e. The molecule has 3 N–H and O–H groups in total. The molecule has 3 rings (SSSR count). The highest BCUT2D eigenvalue weighted by atomic mass is 79.9. The molecule has 0 aliphatic rings. The van der Waals surface area contributed by atoms with E-state index in [4.69, 9.17) is 0 Å². The number of aliphatic hydroxyl groups excluding tert-OH is 1. The highest BCUT2D eigenvalue weighted by Gasteiger charge is 2.31. The number of alkyl halides is 3. The molecule has 2 aromatic carbocycles. The van der Waals surface area contributed by atoms with Gasteiger partial charge < -0.3 is 20.5 Å². The van der Waals surface area contributed by atoms with Crippen LogP contribution in [0.3, 0.4) is 0 Å². The topological polar surface area (TPSA) is 79.3 Å². The predicted octanol–water partition coefficient (Wildman–Crippen LogP) is 5.34. The van der Waals surface area contributed by atoms with Gasteiger partial charge in [0.1, 0.15) is 11.6 Å². The van der Waals surface area contributed by atoms with E-state index in [1.165, 1.54) is 18.2 Å². The summed E-state index contributed by atoms with van der Waals surface area (Å²) in [6, 6.07) is 14.2. The Hall–Kier alpha value is -2.85. The number of aliphatic hydroxyl groups is 1. The van der Waals surface area contributed by atoms with Crippen molar-refractivity contribution in [3.05, 3.63) is 59.1 Å². The normalized spacial score (nSPS) is 12.3. The van der Waals surface area contributed by atoms with Crippen LogP contribution in [0.2, 0.25) is 0 Å². The zero-order valence-electron chi connectivity index (χ0n) is 15.7. The number of para-hydroxylation sites is 1. The van der Waals surface area contributed by atoms with E-state index in [9.17, 15) is 18.3 Å². The fourth-order valence-electron chi connectivity index (χ4n) is 2.54. The molecule has 158 valence electrons. The van der Waals surface area contributed by atoms with E-state index in [2.05, 4.69) is 41.3 Å². The molecule has 0 saturated carbocycles. The lowest BCUT2D eigenvalue weighted by atomic mass is 10.1. The summed E-state index contributed by atoms with van der Waals surface area (Å²) in [5.41, 5.74) is 1.53. The van der Waals surface area contributed by atoms with Crippen LogP contribution >= 0.6 is 15.9 Å². The van der Waals surface area contributed by atoms with Gasteiger partial charge >= 0.3 is 6.36 Å². The van der Waals surface area contributed by atoms with Crippen molar-refractivity contribution in [2.75, 3.05) is 17.2 Å². The van der Waals surface area contributed by atoms with E-state index in [0.717, 1.165) is 10.2 Å². The number of hydrogen-bond donors (Lipinski definition) is 3. The maximum atomic E-state index is 12.6. The number of anilines is 3. The van der Waals surface area contributed by atoms with Crippen LogP contribution in [0, 0.1) is 0 Å². The van der Waals surface area contributed by atoms with Gasteiger partial charge in [-0.05, 0) is 47.1 Å². The van der Waals surface area contributed by atoms with Gasteiger partial charge in [-0.1, -0.05) is 24.3 Å². The lowest BCUT2D eigenvalue weighted by Gasteiger charge is -2.15. The van der Waals surface area contributed by atoms with Gasteiger partial charge in [-0.25, -0.2) is 4.98 Å². The monoisotopic (exact) mass is 482 g/mol. The maximum absolute atomic E-state index is 12.6. The zero-order valence-corrected chi connectivity index (χ0v) is 17.3. The molecule has 0 bridgehead atoms. The summed E-state index contributed by atoms with van der Waals surface area (Å²) in [4.78, 5) is 8.76. The molecule has 6 nitrogen and oxygen atoms in total. The molecule has 0 aliphatic carbocycles. The highest BCUT2D eigenvalue weighted by molar-refractivity contribution is 9.10. The third-order valence-corrected chi connectivity index (χ3v) is 4.57. The average Bonchev–Trinajstić information content (AvgIpc) is 2.68. The SMILES string of the molecule is C[C@@H](CO)Nc1nc(Nc2ccccc2Br)cc(-c2cccc(OC(F)(F)F)c2)n1. The lowest BCUT2D eigenvalue weighted by molar-refractivity contribution is -0.274. The van der Waals surface area contributed by atoms with Gasteiger partial charge in [-0.15, -0.1) is 13.2 Å². The third-order valence-electron chi connectivity index (χ3n) is 3.88. The second kappa shape index (κ2) is 9.31. The Kier molecular flexibility index (Phi) is 6.78. The summed E-state index contributed by atoms with van der Waals surface area (Å²) in [5.74, 6) is 0.282. The molecule has 1 heterocycles. The van der Waals surface area contributed by atoms with Crippen molar-refractivity contribution in [3.8, 4) is 17.0 Å². The number of hydrogen-bond acceptors (Lipinski definition) is 6. The summed E-state index contributed by atoms with van der Waals surface area (Å²) >= 11 is 3.45. The van der Waals surface area contributed by atoms with Gasteiger partial charge in [0.15, 0.2) is 0 Å². The molecule has 0 aliphatic heterocycles. The van der Waals surface area contributed by atoms with Crippen molar-refractivity contribution in [2.24, 2.45) is 0 Å². The molecule has 1 aromatic heterocycles. The summed E-state index contributed by atoms with van der Waals surface area (Å²) in [6.07, 6.45) is -4.79. The second-order valence-corrected chi connectivity index (χ2v) is 7.22. The van der Waals surface area contributed by atoms with Crippen LogP contribution in [-0.4, -0.2) is 34.1 Å². The molecule has 0 radical (unpaired) electrons. The van der Waals surface area contributed by atoms with Crippen LogP contribution in [0.1, 0.15) is 6.92 Å². The van der Waals surface area contributed by atoms with Gasteiger partial charge in [0, 0.05) is 22.1 Å². The number of aromatic nitrogens is 2. The van der Waals surface area contributed by atoms with Crippen LogP contribution in [0.15, 0.2) is 59.1 Å². The average molecular weight is 483 g/mol. The minimum absolute atomic E-state index is 0.143. The summed E-state index contributed by atoms with van der Waals surface area (Å²) in [7, 11) is 0. The minimum Gasteiger partial charge on any atom is -0.406 e. The number of rotatable bonds is 7. The predicted molar refractivity (Wildman–Crippen MR) is 112 cm³/mol. The Morgan fingerprint density at radius 1 is 1.10 bits per heavy atom. The Bertz CT molecular complexity index is 1020. The van der Waals surface area contributed by atoms with Gasteiger partial charge in [0.2, 0.25) is 5.95 Å². The molecule has 0 saturated heterocycles. The fourth-order valence-corrected chi connectivity index (χ4v) is 2.93. The van der Waals surface area contributed by atoms with E-state index in [1.54, 1.807) is 19.1 Å². The first-order valence-electron chi connectivity index (χ1n) is 8.88. The first-order chi connectivity index (χ1) is 14.2. The quantitative estimate of drug-likeness (QED) is 0.421. The Labute approximate surface area is 179 Å². The van der Waals surface area contributed by atoms with Gasteiger partial charge in [0.25, 0.3) is 0 Å². The van der Waals surface area contributed by atoms with E-state index in [0.29, 0.717) is 17.1 Å². The molecule has 0 amide bonds. The number of nitrogens with zero attached hydrogens (tertiary/aromatic N) is 2. The number of benzene rings is 2. The van der Waals surface area contributed by atoms with Crippen LogP contribution in [0.25, 0.3) is 11.3 Å². The summed E-state index contributed by atoms with van der Waals surface area (Å²) < 4.78 is 42.5. The van der Waals surface area contributed by atoms with Crippen molar-refractivity contribution >= 4 is 33.4 Å². The number of halogens is 4. The minimum atomic E-state index is -4.79. The van der Waals surface area contributed by atoms with Crippen LogP contribution < -0.4 is 15.4 Å². The number of ether oxygens (including phenoxy) is 1. The first kappa shape index (κ1) is 21.8. The van der Waals surface area contributed by atoms with Crippen molar-refractivity contribution < 1.29 is 23.0 Å². The largest absolute Gasteiger partial charge is 0.573 e. The van der Waals surface area contributed by atoms with Crippen LogP contribution in [0.4, 0.5) is 30.6 Å². The van der Waals surface area contributed by atoms with Gasteiger partial charge in [0.05, 0.1) is 18.0 Å². The molecule has 0 unspecified atom stereocenters. The summed E-state index contributed by atoms with van der Waals surface area (Å²) in [6.45, 7) is 1.60. The highest BCUT2D eigenvalue weighted by Crippen LogP contribution is 2.30. The van der Waals surface area contributed by atoms with Crippen LogP contribution in [0.5, 0.6) is 5.75 Å². The van der Waals surface area contributed by atoms with E-state index in [1.807, 2.05) is 24.3 Å². The Morgan fingerprint density at radius 3 is 2.57 bits per heavy atom. The molecule has 3 aromatic rings. The number of nitrogens with one attached hydrogen (secondary N) is 2. The molecule has 0 spiro atoms. The summed E-state index contributed by atoms with van der Waals surface area (Å²) in [5, 5.41) is 15.4. The third kappa shape index (κ3) is 6.07. The second-order valence-electron chi connectivity index (χ2n) is 6.37. The van der Waals surface area contributed by atoms with E-state index >= 15 is 0 Å². The van der Waals surface area contributed by atoms with E-state index < -0.39 is 6.36 Å². The first-order valence-corrected chi connectivity index (χ1v) is 9.67. The van der Waals surface area contributed by atoms with Gasteiger partial charge in [-0.3, -0.25) is 0 Å². The van der Waals surface area contributed by atoms with Crippen LogP contribution in [-0.2, 0) is 0 Å². The molecule has 0 fully saturated rings. The fraction of sp³-hybridized carbons (Fsp3) is 0.200. The Morgan fingerprint density at radius 2 is 1.87 bits per heavy atom. The van der Waals surface area contributed by atoms with Crippen molar-refractivity contribution in [1.82, 2.24) is 9.97 Å². The van der Waals surface area contributed by atoms with Gasteiger partial charge in [-0.2, -0.15) is 4.98 Å². The van der Waals surface area contributed by atoms with Crippen molar-refractivity contribution in [1.29, 1.82) is 0 Å². The molecule has 10 heteroatoms. The molecule has 1 atom stereocenters. The van der Waals surface area contributed by atoms with Crippen molar-refractivity contribution in [2.45, 2.75) is 19.3 Å². The van der Waals surface area contributed by atoms with E-state index in [-0.39, 0.29) is 24.3 Å². The van der Waals surface area contributed by atoms with Crippen molar-refractivity contribution in [3.63, 3.8) is 0 Å². The standard InChI is InChI=1S/C20H18BrF3N4O2/c1-12(11-29)25-19-27-17(13-5-4-6-14(9-13)30-20(22,23)24)10-18(28-19)26-16-8-3-2-7-15(16)21/h2-10,12,29H,11H2,1H3,(H2,25,26,27,28)/t12-/m0/s1. The molecule has 30 heavy (non-hydrogen) atoms. The zero-order chi connectivity index (χ0) is 21.7. The maximum Gasteiger partial charge on any atom is 0.573 e. The molecular weight excluding hydrogens is 465 g/mol.